The molecule has 0 unspecified atom stereocenters. The number of likely N-dealkylation sites (N-methyl/N-ethyl adjacent to an activating group) is 1. The van der Waals surface area contributed by atoms with Gasteiger partial charge >= 0.3 is 0 Å². The van der Waals surface area contributed by atoms with E-state index < -0.39 is 10.0 Å². The Hall–Kier alpha value is -1.11. The number of nitrogens with one attached hydrogen (secondary N) is 1. The Morgan fingerprint density at radius 1 is 1.53 bits per heavy atom. The molecule has 0 saturated carbocycles. The van der Waals surface area contributed by atoms with Crippen LogP contribution in [0.1, 0.15) is 19.0 Å². The van der Waals surface area contributed by atoms with Gasteiger partial charge in [-0.05, 0) is 19.5 Å². The maximum atomic E-state index is 12.3. The van der Waals surface area contributed by atoms with Crippen molar-refractivity contribution in [1.29, 1.82) is 0 Å². The Morgan fingerprint density at radius 3 is 2.74 bits per heavy atom. The minimum atomic E-state index is -3.43. The van der Waals surface area contributed by atoms with E-state index in [1.165, 1.54) is 4.31 Å². The monoisotopic (exact) mass is 285 g/mol. The summed E-state index contributed by atoms with van der Waals surface area (Å²) in [6.45, 7) is 7.42. The van der Waals surface area contributed by atoms with Crippen molar-refractivity contribution in [2.75, 3.05) is 20.6 Å². The van der Waals surface area contributed by atoms with Gasteiger partial charge in [0.05, 0.1) is 0 Å². The number of hydrogen-bond donors (Lipinski definition) is 1. The molecular weight excluding hydrogens is 262 g/mol. The van der Waals surface area contributed by atoms with Crippen molar-refractivity contribution in [3.8, 4) is 0 Å². The topological polar surface area (TPSA) is 54.3 Å². The van der Waals surface area contributed by atoms with E-state index in [9.17, 15) is 8.42 Å². The molecule has 0 atom stereocenters. The van der Waals surface area contributed by atoms with Crippen LogP contribution in [-0.2, 0) is 23.1 Å². The second-order valence-electron chi connectivity index (χ2n) is 4.47. The van der Waals surface area contributed by atoms with Gasteiger partial charge in [0.2, 0.25) is 10.0 Å². The molecule has 0 aliphatic carbocycles. The minimum Gasteiger partial charge on any atom is -0.349 e. The number of sulfonamides is 1. The summed E-state index contributed by atoms with van der Waals surface area (Å²) >= 11 is 0. The Morgan fingerprint density at radius 2 is 2.21 bits per heavy atom. The van der Waals surface area contributed by atoms with Crippen LogP contribution < -0.4 is 5.32 Å². The van der Waals surface area contributed by atoms with E-state index >= 15 is 0 Å². The fourth-order valence-electron chi connectivity index (χ4n) is 1.90. The zero-order chi connectivity index (χ0) is 14.5. The highest BCUT2D eigenvalue weighted by atomic mass is 32.2. The fourth-order valence-corrected chi connectivity index (χ4v) is 3.11. The fraction of sp³-hybridized carbons (Fsp3) is 0.538. The van der Waals surface area contributed by atoms with Crippen LogP contribution in [0.15, 0.2) is 29.8 Å². The zero-order valence-corrected chi connectivity index (χ0v) is 12.7. The summed E-state index contributed by atoms with van der Waals surface area (Å²) in [5.41, 5.74) is 0.981. The van der Waals surface area contributed by atoms with Gasteiger partial charge in [-0.2, -0.15) is 4.31 Å². The molecule has 0 saturated heterocycles. The summed E-state index contributed by atoms with van der Waals surface area (Å²) < 4.78 is 28.0. The first-order chi connectivity index (χ1) is 8.97. The Bertz CT molecular complexity index is 496. The molecule has 5 nitrogen and oxygen atoms in total. The minimum absolute atomic E-state index is 0.308. The Labute approximate surface area is 116 Å². The van der Waals surface area contributed by atoms with Crippen molar-refractivity contribution >= 4 is 10.0 Å². The third-order valence-electron chi connectivity index (χ3n) is 2.88. The number of hydrogen-bond acceptors (Lipinski definition) is 3. The largest absolute Gasteiger partial charge is 0.349 e. The summed E-state index contributed by atoms with van der Waals surface area (Å²) in [6, 6.07) is 1.74. The molecule has 19 heavy (non-hydrogen) atoms. The van der Waals surface area contributed by atoms with E-state index in [0.29, 0.717) is 18.0 Å². The van der Waals surface area contributed by atoms with E-state index in [2.05, 4.69) is 18.8 Å². The van der Waals surface area contributed by atoms with Gasteiger partial charge in [-0.1, -0.05) is 13.0 Å². The molecule has 0 bridgehead atoms. The van der Waals surface area contributed by atoms with Crippen LogP contribution >= 0.6 is 0 Å². The molecule has 108 valence electrons. The predicted molar refractivity (Wildman–Crippen MR) is 77.5 cm³/mol. The molecule has 1 N–H and O–H groups in total. The highest BCUT2D eigenvalue weighted by Gasteiger charge is 2.22. The van der Waals surface area contributed by atoms with Crippen molar-refractivity contribution in [2.24, 2.45) is 0 Å². The molecule has 6 heteroatoms. The maximum absolute atomic E-state index is 12.3. The van der Waals surface area contributed by atoms with Crippen molar-refractivity contribution in [3.63, 3.8) is 0 Å². The van der Waals surface area contributed by atoms with Gasteiger partial charge in [0.25, 0.3) is 0 Å². The van der Waals surface area contributed by atoms with Gasteiger partial charge < -0.3 is 9.88 Å². The van der Waals surface area contributed by atoms with Crippen LogP contribution in [0, 0.1) is 0 Å². The van der Waals surface area contributed by atoms with E-state index in [1.54, 1.807) is 25.4 Å². The van der Waals surface area contributed by atoms with Crippen LogP contribution in [0.3, 0.4) is 0 Å². The Kier molecular flexibility index (Phi) is 5.78. The van der Waals surface area contributed by atoms with Gasteiger partial charge in [0, 0.05) is 38.6 Å². The lowest BCUT2D eigenvalue weighted by Gasteiger charge is -2.13. The molecule has 0 aromatic carbocycles. The molecule has 1 aromatic heterocycles. The van der Waals surface area contributed by atoms with Crippen LogP contribution in [0.25, 0.3) is 0 Å². The van der Waals surface area contributed by atoms with Crippen molar-refractivity contribution in [1.82, 2.24) is 14.2 Å². The SMILES string of the molecule is C=CCN(C)S(=O)(=O)c1cc(CNC)n(CCC)c1. The molecule has 0 fully saturated rings. The highest BCUT2D eigenvalue weighted by molar-refractivity contribution is 7.89. The smallest absolute Gasteiger partial charge is 0.244 e. The third kappa shape index (κ3) is 3.68. The summed E-state index contributed by atoms with van der Waals surface area (Å²) in [4.78, 5) is 0.343. The number of nitrogens with zero attached hydrogens (tertiary/aromatic N) is 2. The van der Waals surface area contributed by atoms with Gasteiger partial charge in [-0.15, -0.1) is 6.58 Å². The summed E-state index contributed by atoms with van der Waals surface area (Å²) in [5, 5.41) is 3.06. The van der Waals surface area contributed by atoms with Crippen LogP contribution in [-0.4, -0.2) is 37.9 Å². The molecule has 0 amide bonds. The number of rotatable bonds is 8. The van der Waals surface area contributed by atoms with Gasteiger partial charge in [-0.3, -0.25) is 0 Å². The van der Waals surface area contributed by atoms with Crippen molar-refractivity contribution < 1.29 is 8.42 Å². The molecule has 1 heterocycles. The molecule has 0 aliphatic heterocycles. The van der Waals surface area contributed by atoms with E-state index in [-0.39, 0.29) is 0 Å². The molecule has 0 aliphatic rings. The van der Waals surface area contributed by atoms with Crippen LogP contribution in [0.5, 0.6) is 0 Å². The van der Waals surface area contributed by atoms with Crippen LogP contribution in [0.2, 0.25) is 0 Å². The van der Waals surface area contributed by atoms with Crippen molar-refractivity contribution in [2.45, 2.75) is 31.3 Å². The normalized spacial score (nSPS) is 12.0. The van der Waals surface area contributed by atoms with Crippen LogP contribution in [0.4, 0.5) is 0 Å². The lowest BCUT2D eigenvalue weighted by Crippen LogP contribution is -2.26. The average Bonchev–Trinajstić information content (AvgIpc) is 2.75. The number of aryl methyl sites for hydroxylation is 1. The first kappa shape index (κ1) is 15.9. The molecule has 1 aromatic rings. The molecule has 1 rings (SSSR count). The Balaban J connectivity index is 3.13. The van der Waals surface area contributed by atoms with E-state index in [4.69, 9.17) is 0 Å². The second-order valence-corrected chi connectivity index (χ2v) is 6.51. The summed E-state index contributed by atoms with van der Waals surface area (Å²) in [5.74, 6) is 0. The molecular formula is C13H23N3O2S. The van der Waals surface area contributed by atoms with Gasteiger partial charge in [0.1, 0.15) is 4.90 Å². The van der Waals surface area contributed by atoms with E-state index in [0.717, 1.165) is 18.7 Å². The lowest BCUT2D eigenvalue weighted by atomic mass is 10.4. The quantitative estimate of drug-likeness (QED) is 0.735. The maximum Gasteiger partial charge on any atom is 0.244 e. The molecule has 0 radical (unpaired) electrons. The third-order valence-corrected chi connectivity index (χ3v) is 4.67. The first-order valence-corrected chi connectivity index (χ1v) is 7.82. The van der Waals surface area contributed by atoms with Crippen molar-refractivity contribution in [3.05, 3.63) is 30.6 Å². The average molecular weight is 285 g/mol. The second kappa shape index (κ2) is 6.88. The summed E-state index contributed by atoms with van der Waals surface area (Å²) in [6.07, 6.45) is 4.26. The zero-order valence-electron chi connectivity index (χ0n) is 11.9. The summed E-state index contributed by atoms with van der Waals surface area (Å²) in [7, 11) is -0.0160. The predicted octanol–water partition coefficient (Wildman–Crippen LogP) is 1.42. The number of aromatic nitrogens is 1. The van der Waals surface area contributed by atoms with Gasteiger partial charge in [0.15, 0.2) is 0 Å². The standard InChI is InChI=1S/C13H23N3O2S/c1-5-7-15(4)19(17,18)13-9-12(10-14-3)16(11-13)8-6-2/h5,9,11,14H,1,6-8,10H2,2-4H3. The van der Waals surface area contributed by atoms with Gasteiger partial charge in [-0.25, -0.2) is 8.42 Å². The highest BCUT2D eigenvalue weighted by Crippen LogP contribution is 2.18. The first-order valence-electron chi connectivity index (χ1n) is 6.38. The lowest BCUT2D eigenvalue weighted by molar-refractivity contribution is 0.499. The molecule has 0 spiro atoms. The van der Waals surface area contributed by atoms with E-state index in [1.807, 2.05) is 11.6 Å².